The number of hydrogen-bond acceptors (Lipinski definition) is 4. The number of nitrogens with zero attached hydrogens (tertiary/aromatic N) is 3. The summed E-state index contributed by atoms with van der Waals surface area (Å²) in [5.41, 5.74) is 3.17. The van der Waals surface area contributed by atoms with Crippen molar-refractivity contribution in [1.29, 1.82) is 5.26 Å². The van der Waals surface area contributed by atoms with Crippen LogP contribution in [0.25, 0.3) is 0 Å². The van der Waals surface area contributed by atoms with Crippen molar-refractivity contribution in [3.63, 3.8) is 0 Å². The number of fused-ring (bicyclic) bond motifs is 2. The molecule has 0 radical (unpaired) electrons. The second-order valence-electron chi connectivity index (χ2n) is 6.94. The van der Waals surface area contributed by atoms with E-state index in [-0.39, 0.29) is 0 Å². The van der Waals surface area contributed by atoms with Crippen LogP contribution in [0.1, 0.15) is 31.7 Å². The fourth-order valence-corrected chi connectivity index (χ4v) is 4.98. The SMILES string of the molecule is C[C@H](CN1CCCCC1)N1c2ccccc2Sc2ccc(C#N)cc21. The van der Waals surface area contributed by atoms with E-state index in [0.717, 1.165) is 12.1 Å². The summed E-state index contributed by atoms with van der Waals surface area (Å²) in [5.74, 6) is 0. The lowest BCUT2D eigenvalue weighted by molar-refractivity contribution is 0.219. The van der Waals surface area contributed by atoms with E-state index < -0.39 is 0 Å². The van der Waals surface area contributed by atoms with Crippen molar-refractivity contribution in [3.8, 4) is 6.07 Å². The van der Waals surface area contributed by atoms with Crippen LogP contribution in [0, 0.1) is 11.3 Å². The Morgan fingerprint density at radius 2 is 1.80 bits per heavy atom. The van der Waals surface area contributed by atoms with E-state index in [1.54, 1.807) is 11.8 Å². The van der Waals surface area contributed by atoms with Crippen molar-refractivity contribution in [2.24, 2.45) is 0 Å². The number of likely N-dealkylation sites (tertiary alicyclic amines) is 1. The molecular formula is C21H23N3S. The van der Waals surface area contributed by atoms with Gasteiger partial charge in [0.25, 0.3) is 0 Å². The average molecular weight is 350 g/mol. The summed E-state index contributed by atoms with van der Waals surface area (Å²) in [6.07, 6.45) is 3.99. The predicted octanol–water partition coefficient (Wildman–Crippen LogP) is 5.04. The number of anilines is 2. The Morgan fingerprint density at radius 3 is 2.60 bits per heavy atom. The molecule has 3 nitrogen and oxygen atoms in total. The van der Waals surface area contributed by atoms with E-state index >= 15 is 0 Å². The van der Waals surface area contributed by atoms with Gasteiger partial charge in [0.05, 0.1) is 23.0 Å². The molecule has 4 heteroatoms. The van der Waals surface area contributed by atoms with E-state index in [9.17, 15) is 5.26 Å². The monoisotopic (exact) mass is 349 g/mol. The van der Waals surface area contributed by atoms with Gasteiger partial charge in [0.2, 0.25) is 0 Å². The molecule has 0 bridgehead atoms. The van der Waals surface area contributed by atoms with Gasteiger partial charge in [0, 0.05) is 22.4 Å². The zero-order chi connectivity index (χ0) is 17.2. The minimum Gasteiger partial charge on any atom is -0.335 e. The topological polar surface area (TPSA) is 30.3 Å². The van der Waals surface area contributed by atoms with Crippen molar-refractivity contribution >= 4 is 23.1 Å². The van der Waals surface area contributed by atoms with Gasteiger partial charge >= 0.3 is 0 Å². The highest BCUT2D eigenvalue weighted by Crippen LogP contribution is 2.49. The molecule has 0 spiro atoms. The van der Waals surface area contributed by atoms with E-state index in [2.05, 4.69) is 53.1 Å². The van der Waals surface area contributed by atoms with E-state index in [1.165, 1.54) is 53.5 Å². The number of rotatable bonds is 3. The van der Waals surface area contributed by atoms with Crippen molar-refractivity contribution in [1.82, 2.24) is 4.90 Å². The maximum Gasteiger partial charge on any atom is 0.0992 e. The second-order valence-corrected chi connectivity index (χ2v) is 8.03. The van der Waals surface area contributed by atoms with Crippen LogP contribution < -0.4 is 4.90 Å². The normalized spacial score (nSPS) is 18.2. The standard InChI is InChI=1S/C21H23N3S/c1-16(15-23-11-5-2-6-12-23)24-18-7-3-4-8-20(18)25-21-10-9-17(14-22)13-19(21)24/h3-4,7-10,13,16H,2,5-6,11-12,15H2,1H3/t16-/m1/s1. The first-order valence-electron chi connectivity index (χ1n) is 9.09. The summed E-state index contributed by atoms with van der Waals surface area (Å²) in [6, 6.07) is 17.3. The molecule has 1 atom stereocenters. The van der Waals surface area contributed by atoms with E-state index in [1.807, 2.05) is 12.1 Å². The highest BCUT2D eigenvalue weighted by molar-refractivity contribution is 7.99. The van der Waals surface area contributed by atoms with E-state index in [4.69, 9.17) is 0 Å². The summed E-state index contributed by atoms with van der Waals surface area (Å²) >= 11 is 1.80. The first kappa shape index (κ1) is 16.5. The Balaban J connectivity index is 1.71. The average Bonchev–Trinajstić information content (AvgIpc) is 2.66. The smallest absolute Gasteiger partial charge is 0.0992 e. The van der Waals surface area contributed by atoms with Gasteiger partial charge in [0.15, 0.2) is 0 Å². The molecule has 1 saturated heterocycles. The van der Waals surface area contributed by atoms with Gasteiger partial charge < -0.3 is 9.80 Å². The van der Waals surface area contributed by atoms with Crippen LogP contribution in [0.15, 0.2) is 52.3 Å². The van der Waals surface area contributed by atoms with Crippen LogP contribution in [-0.4, -0.2) is 30.6 Å². The van der Waals surface area contributed by atoms with Crippen molar-refractivity contribution in [3.05, 3.63) is 48.0 Å². The van der Waals surface area contributed by atoms with Crippen LogP contribution in [0.3, 0.4) is 0 Å². The van der Waals surface area contributed by atoms with Gasteiger partial charge in [-0.15, -0.1) is 0 Å². The van der Waals surface area contributed by atoms with Gasteiger partial charge in [-0.25, -0.2) is 0 Å². The number of piperidine rings is 1. The third kappa shape index (κ3) is 3.27. The van der Waals surface area contributed by atoms with Crippen LogP contribution >= 0.6 is 11.8 Å². The molecule has 2 heterocycles. The Labute approximate surface area is 154 Å². The Kier molecular flexibility index (Phi) is 4.70. The number of benzene rings is 2. The highest BCUT2D eigenvalue weighted by Gasteiger charge is 2.28. The molecule has 0 amide bonds. The summed E-state index contributed by atoms with van der Waals surface area (Å²) < 4.78 is 0. The third-order valence-corrected chi connectivity index (χ3v) is 6.23. The number of para-hydroxylation sites is 1. The maximum absolute atomic E-state index is 9.34. The highest BCUT2D eigenvalue weighted by atomic mass is 32.2. The molecule has 2 aliphatic rings. The predicted molar refractivity (Wildman–Crippen MR) is 104 cm³/mol. The van der Waals surface area contributed by atoms with Gasteiger partial charge in [-0.2, -0.15) is 5.26 Å². The lowest BCUT2D eigenvalue weighted by Gasteiger charge is -2.40. The third-order valence-electron chi connectivity index (χ3n) is 5.10. The molecule has 0 aliphatic carbocycles. The Bertz CT molecular complexity index is 805. The minimum absolute atomic E-state index is 0.368. The summed E-state index contributed by atoms with van der Waals surface area (Å²) in [5, 5.41) is 9.34. The van der Waals surface area contributed by atoms with Crippen LogP contribution in [0.2, 0.25) is 0 Å². The molecule has 0 N–H and O–H groups in total. The molecule has 4 rings (SSSR count). The zero-order valence-corrected chi connectivity index (χ0v) is 15.4. The summed E-state index contributed by atoms with van der Waals surface area (Å²) in [6.45, 7) is 5.79. The largest absolute Gasteiger partial charge is 0.335 e. The zero-order valence-electron chi connectivity index (χ0n) is 14.6. The molecule has 0 saturated carbocycles. The van der Waals surface area contributed by atoms with Crippen LogP contribution in [0.4, 0.5) is 11.4 Å². The molecule has 2 aromatic rings. The lowest BCUT2D eigenvalue weighted by Crippen LogP contribution is -2.43. The number of hydrogen-bond donors (Lipinski definition) is 0. The Morgan fingerprint density at radius 1 is 1.04 bits per heavy atom. The van der Waals surface area contributed by atoms with Gasteiger partial charge in [-0.1, -0.05) is 30.3 Å². The van der Waals surface area contributed by atoms with Crippen molar-refractivity contribution in [2.75, 3.05) is 24.5 Å². The van der Waals surface area contributed by atoms with E-state index in [0.29, 0.717) is 6.04 Å². The first-order chi connectivity index (χ1) is 12.3. The quantitative estimate of drug-likeness (QED) is 0.777. The fourth-order valence-electron chi connectivity index (χ4n) is 3.92. The number of nitriles is 1. The summed E-state index contributed by atoms with van der Waals surface area (Å²) in [7, 11) is 0. The molecule has 2 aliphatic heterocycles. The summed E-state index contributed by atoms with van der Waals surface area (Å²) in [4.78, 5) is 7.57. The van der Waals surface area contributed by atoms with Crippen molar-refractivity contribution < 1.29 is 0 Å². The maximum atomic E-state index is 9.34. The second kappa shape index (κ2) is 7.11. The Hall–Kier alpha value is -1.96. The molecule has 25 heavy (non-hydrogen) atoms. The lowest BCUT2D eigenvalue weighted by atomic mass is 10.1. The van der Waals surface area contributed by atoms with Crippen molar-refractivity contribution in [2.45, 2.75) is 42.0 Å². The van der Waals surface area contributed by atoms with Gasteiger partial charge in [-0.3, -0.25) is 0 Å². The van der Waals surface area contributed by atoms with Crippen LogP contribution in [-0.2, 0) is 0 Å². The molecule has 0 unspecified atom stereocenters. The molecule has 0 aromatic heterocycles. The fraction of sp³-hybridized carbons (Fsp3) is 0.381. The molecule has 1 fully saturated rings. The molecular weight excluding hydrogens is 326 g/mol. The van der Waals surface area contributed by atoms with Gasteiger partial charge in [0.1, 0.15) is 0 Å². The first-order valence-corrected chi connectivity index (χ1v) is 9.90. The molecule has 2 aromatic carbocycles. The van der Waals surface area contributed by atoms with Gasteiger partial charge in [-0.05, 0) is 63.2 Å². The van der Waals surface area contributed by atoms with Crippen LogP contribution in [0.5, 0.6) is 0 Å². The minimum atomic E-state index is 0.368. The molecule has 128 valence electrons.